The average molecular weight is 429 g/mol. The van der Waals surface area contributed by atoms with Gasteiger partial charge in [0.1, 0.15) is 0 Å². The molecule has 0 unspecified atom stereocenters. The number of nitrogens with zero attached hydrogens (tertiary/aromatic N) is 1. The van der Waals surface area contributed by atoms with E-state index >= 15 is 0 Å². The van der Waals surface area contributed by atoms with Crippen LogP contribution in [0.4, 0.5) is 0 Å². The van der Waals surface area contributed by atoms with Crippen LogP contribution in [0.25, 0.3) is 0 Å². The minimum Gasteiger partial charge on any atom is -0.481 e. The van der Waals surface area contributed by atoms with Crippen molar-refractivity contribution in [2.75, 3.05) is 6.54 Å². The summed E-state index contributed by atoms with van der Waals surface area (Å²) >= 11 is 6.46. The van der Waals surface area contributed by atoms with Crippen LogP contribution in [0.1, 0.15) is 20.3 Å². The van der Waals surface area contributed by atoms with Crippen LogP contribution in [-0.2, 0) is 14.8 Å². The first-order chi connectivity index (χ1) is 9.16. The largest absolute Gasteiger partial charge is 0.481 e. The standard InChI is InChI=1S/C12H15Br2NO4S/c1-8(2)15(6-5-12(16)17)20(18,19)11-7-9(13)3-4-10(11)14/h3-4,7-8H,5-6H2,1-2H3,(H,16,17). The van der Waals surface area contributed by atoms with E-state index < -0.39 is 16.0 Å². The molecule has 0 fully saturated rings. The Labute approximate surface area is 135 Å². The van der Waals surface area contributed by atoms with Crippen LogP contribution in [0.15, 0.2) is 32.0 Å². The second kappa shape index (κ2) is 7.02. The van der Waals surface area contributed by atoms with Gasteiger partial charge in [-0.2, -0.15) is 4.31 Å². The van der Waals surface area contributed by atoms with Crippen molar-refractivity contribution in [1.29, 1.82) is 0 Å². The number of rotatable bonds is 6. The molecule has 0 aliphatic heterocycles. The van der Waals surface area contributed by atoms with Gasteiger partial charge >= 0.3 is 5.97 Å². The zero-order valence-electron chi connectivity index (χ0n) is 11.0. The first-order valence-corrected chi connectivity index (χ1v) is 8.87. The summed E-state index contributed by atoms with van der Waals surface area (Å²) in [6.45, 7) is 3.37. The highest BCUT2D eigenvalue weighted by Crippen LogP contribution is 2.29. The van der Waals surface area contributed by atoms with E-state index in [0.29, 0.717) is 8.95 Å². The molecule has 0 radical (unpaired) electrons. The molecule has 5 nitrogen and oxygen atoms in total. The molecule has 0 bridgehead atoms. The fourth-order valence-corrected chi connectivity index (χ4v) is 4.77. The van der Waals surface area contributed by atoms with Gasteiger partial charge in [-0.05, 0) is 48.0 Å². The van der Waals surface area contributed by atoms with Gasteiger partial charge in [0.05, 0.1) is 11.3 Å². The van der Waals surface area contributed by atoms with E-state index in [1.54, 1.807) is 26.0 Å². The SMILES string of the molecule is CC(C)N(CCC(=O)O)S(=O)(=O)c1cc(Br)ccc1Br. The molecule has 1 rings (SSSR count). The van der Waals surface area contributed by atoms with Crippen LogP contribution in [0.5, 0.6) is 0 Å². The van der Waals surface area contributed by atoms with Crippen LogP contribution in [0, 0.1) is 0 Å². The number of carboxylic acids is 1. The van der Waals surface area contributed by atoms with Crippen LogP contribution in [0.3, 0.4) is 0 Å². The number of halogens is 2. The smallest absolute Gasteiger partial charge is 0.304 e. The quantitative estimate of drug-likeness (QED) is 0.755. The lowest BCUT2D eigenvalue weighted by Gasteiger charge is -2.25. The second-order valence-electron chi connectivity index (χ2n) is 4.43. The Morgan fingerprint density at radius 1 is 1.35 bits per heavy atom. The molecule has 0 saturated heterocycles. The maximum Gasteiger partial charge on any atom is 0.304 e. The van der Waals surface area contributed by atoms with E-state index in [4.69, 9.17) is 5.11 Å². The van der Waals surface area contributed by atoms with Crippen LogP contribution in [0.2, 0.25) is 0 Å². The van der Waals surface area contributed by atoms with E-state index in [0.717, 1.165) is 0 Å². The lowest BCUT2D eigenvalue weighted by atomic mass is 10.3. The number of hydrogen-bond acceptors (Lipinski definition) is 3. The zero-order chi connectivity index (χ0) is 15.5. The van der Waals surface area contributed by atoms with Gasteiger partial charge in [0, 0.05) is 21.5 Å². The fourth-order valence-electron chi connectivity index (χ4n) is 1.66. The van der Waals surface area contributed by atoms with Gasteiger partial charge in [0.2, 0.25) is 10.0 Å². The van der Waals surface area contributed by atoms with Gasteiger partial charge in [-0.1, -0.05) is 15.9 Å². The molecule has 0 amide bonds. The van der Waals surface area contributed by atoms with E-state index in [2.05, 4.69) is 31.9 Å². The number of carbonyl (C=O) groups is 1. The highest BCUT2D eigenvalue weighted by molar-refractivity contribution is 9.11. The molecule has 0 aromatic heterocycles. The number of benzene rings is 1. The molecule has 0 aliphatic rings. The van der Waals surface area contributed by atoms with E-state index in [1.165, 1.54) is 10.4 Å². The van der Waals surface area contributed by atoms with Crippen molar-refractivity contribution in [3.8, 4) is 0 Å². The minimum atomic E-state index is -3.76. The number of carboxylic acid groups (broad SMARTS) is 1. The third kappa shape index (κ3) is 4.28. The minimum absolute atomic E-state index is 0.0612. The molecule has 1 aromatic carbocycles. The topological polar surface area (TPSA) is 74.7 Å². The Bertz CT molecular complexity index is 601. The van der Waals surface area contributed by atoms with Crippen LogP contribution < -0.4 is 0 Å². The van der Waals surface area contributed by atoms with Crippen molar-refractivity contribution in [2.24, 2.45) is 0 Å². The van der Waals surface area contributed by atoms with Gasteiger partial charge in [-0.15, -0.1) is 0 Å². The predicted molar refractivity (Wildman–Crippen MR) is 83.1 cm³/mol. The molecule has 1 N–H and O–H groups in total. The molecule has 0 aliphatic carbocycles. The number of aliphatic carboxylic acids is 1. The highest BCUT2D eigenvalue weighted by atomic mass is 79.9. The molecule has 20 heavy (non-hydrogen) atoms. The van der Waals surface area contributed by atoms with E-state index in [1.807, 2.05) is 0 Å². The van der Waals surface area contributed by atoms with E-state index in [9.17, 15) is 13.2 Å². The van der Waals surface area contributed by atoms with Gasteiger partial charge < -0.3 is 5.11 Å². The Kier molecular flexibility index (Phi) is 6.18. The van der Waals surface area contributed by atoms with Crippen molar-refractivity contribution >= 4 is 47.9 Å². The third-order valence-electron chi connectivity index (χ3n) is 2.60. The monoisotopic (exact) mass is 427 g/mol. The van der Waals surface area contributed by atoms with Gasteiger partial charge in [0.25, 0.3) is 0 Å². The summed E-state index contributed by atoms with van der Waals surface area (Å²) in [7, 11) is -3.76. The van der Waals surface area contributed by atoms with E-state index in [-0.39, 0.29) is 23.9 Å². The van der Waals surface area contributed by atoms with Crippen molar-refractivity contribution in [3.63, 3.8) is 0 Å². The van der Waals surface area contributed by atoms with Crippen molar-refractivity contribution in [1.82, 2.24) is 4.31 Å². The zero-order valence-corrected chi connectivity index (χ0v) is 15.0. The summed E-state index contributed by atoms with van der Waals surface area (Å²) in [6.07, 6.45) is -0.233. The Hall–Kier alpha value is -0.440. The molecule has 8 heteroatoms. The first kappa shape index (κ1) is 17.6. The van der Waals surface area contributed by atoms with Gasteiger partial charge in [-0.25, -0.2) is 8.42 Å². The van der Waals surface area contributed by atoms with Crippen molar-refractivity contribution in [2.45, 2.75) is 31.2 Å². The predicted octanol–water partition coefficient (Wildman–Crippen LogP) is 3.09. The van der Waals surface area contributed by atoms with Crippen LogP contribution in [-0.4, -0.2) is 36.4 Å². The second-order valence-corrected chi connectivity index (χ2v) is 8.06. The van der Waals surface area contributed by atoms with Gasteiger partial charge in [-0.3, -0.25) is 4.79 Å². The molecule has 0 heterocycles. The summed E-state index contributed by atoms with van der Waals surface area (Å²) in [6, 6.07) is 4.52. The van der Waals surface area contributed by atoms with Crippen LogP contribution >= 0.6 is 31.9 Å². The normalized spacial score (nSPS) is 12.1. The number of sulfonamides is 1. The molecule has 112 valence electrons. The first-order valence-electron chi connectivity index (χ1n) is 5.85. The lowest BCUT2D eigenvalue weighted by molar-refractivity contribution is -0.137. The Morgan fingerprint density at radius 2 is 1.95 bits per heavy atom. The Balaban J connectivity index is 3.22. The average Bonchev–Trinajstić information content (AvgIpc) is 2.31. The summed E-state index contributed by atoms with van der Waals surface area (Å²) < 4.78 is 27.6. The Morgan fingerprint density at radius 3 is 2.45 bits per heavy atom. The molecule has 0 atom stereocenters. The third-order valence-corrected chi connectivity index (χ3v) is 6.16. The summed E-state index contributed by atoms with van der Waals surface area (Å²) in [5, 5.41) is 8.74. The maximum atomic E-state index is 12.6. The highest BCUT2D eigenvalue weighted by Gasteiger charge is 2.29. The molecular formula is C12H15Br2NO4S. The molecule has 0 saturated carbocycles. The lowest BCUT2D eigenvalue weighted by Crippen LogP contribution is -2.38. The summed E-state index contributed by atoms with van der Waals surface area (Å²) in [5.74, 6) is -1.03. The molecular weight excluding hydrogens is 414 g/mol. The molecule has 0 spiro atoms. The van der Waals surface area contributed by atoms with Crippen molar-refractivity contribution < 1.29 is 18.3 Å². The van der Waals surface area contributed by atoms with Crippen molar-refractivity contribution in [3.05, 3.63) is 27.1 Å². The molecule has 1 aromatic rings. The summed E-state index contributed by atoms with van der Waals surface area (Å²) in [5.41, 5.74) is 0. The van der Waals surface area contributed by atoms with Gasteiger partial charge in [0.15, 0.2) is 0 Å². The summed E-state index contributed by atoms with van der Waals surface area (Å²) in [4.78, 5) is 10.8. The fraction of sp³-hybridized carbons (Fsp3) is 0.417. The maximum absolute atomic E-state index is 12.6. The number of hydrogen-bond donors (Lipinski definition) is 1.